The van der Waals surface area contributed by atoms with E-state index in [4.69, 9.17) is 0 Å². The number of carbonyl (C=O) groups excluding carboxylic acids is 2. The van der Waals surface area contributed by atoms with E-state index in [9.17, 15) is 9.59 Å². The Labute approximate surface area is 154 Å². The smallest absolute Gasteiger partial charge is 0.250 e. The molecule has 2 N–H and O–H groups in total. The van der Waals surface area contributed by atoms with Gasteiger partial charge in [0, 0.05) is 6.04 Å². The molecule has 2 amide bonds. The summed E-state index contributed by atoms with van der Waals surface area (Å²) in [4.78, 5) is 27.4. The zero-order valence-corrected chi connectivity index (χ0v) is 15.6. The van der Waals surface area contributed by atoms with Crippen molar-refractivity contribution in [2.45, 2.75) is 45.3 Å². The molecule has 26 heavy (non-hydrogen) atoms. The van der Waals surface area contributed by atoms with Crippen molar-refractivity contribution < 1.29 is 9.59 Å². The average molecular weight is 351 g/mol. The average Bonchev–Trinajstić information content (AvgIpc) is 2.62. The first-order valence-electron chi connectivity index (χ1n) is 8.88. The quantitative estimate of drug-likeness (QED) is 0.886. The Hall–Kier alpha value is -2.66. The number of hydrogen-bond donors (Lipinski definition) is 2. The van der Waals surface area contributed by atoms with E-state index in [0.29, 0.717) is 5.69 Å². The van der Waals surface area contributed by atoms with Crippen LogP contribution in [-0.2, 0) is 9.59 Å². The second-order valence-corrected chi connectivity index (χ2v) is 7.22. The van der Waals surface area contributed by atoms with Crippen molar-refractivity contribution in [3.8, 4) is 0 Å². The van der Waals surface area contributed by atoms with Gasteiger partial charge in [-0.25, -0.2) is 0 Å². The molecule has 0 unspecified atom stereocenters. The topological polar surface area (TPSA) is 61.4 Å². The van der Waals surface area contributed by atoms with Crippen LogP contribution in [0, 0.1) is 0 Å². The van der Waals surface area contributed by atoms with Gasteiger partial charge in [-0.05, 0) is 45.4 Å². The molecule has 0 fully saturated rings. The molecule has 5 nitrogen and oxygen atoms in total. The van der Waals surface area contributed by atoms with Gasteiger partial charge >= 0.3 is 0 Å². The second kappa shape index (κ2) is 6.92. The SMILES string of the molecule is C[C@H](N[C@@H](C)c1ccccc1)C(=O)N1c2ccccc2NC(=O)C1(C)C. The summed E-state index contributed by atoms with van der Waals surface area (Å²) in [6, 6.07) is 17.0. The van der Waals surface area contributed by atoms with Gasteiger partial charge in [-0.3, -0.25) is 19.8 Å². The number of hydrogen-bond acceptors (Lipinski definition) is 3. The van der Waals surface area contributed by atoms with Crippen molar-refractivity contribution in [1.29, 1.82) is 0 Å². The molecule has 136 valence electrons. The van der Waals surface area contributed by atoms with Gasteiger partial charge in [0.05, 0.1) is 17.4 Å². The number of rotatable bonds is 4. The third-order valence-corrected chi connectivity index (χ3v) is 4.90. The van der Waals surface area contributed by atoms with E-state index in [1.165, 1.54) is 0 Å². The van der Waals surface area contributed by atoms with Gasteiger partial charge in [-0.15, -0.1) is 0 Å². The van der Waals surface area contributed by atoms with Crippen LogP contribution in [0.1, 0.15) is 39.3 Å². The fourth-order valence-electron chi connectivity index (χ4n) is 3.32. The molecule has 0 spiro atoms. The highest BCUT2D eigenvalue weighted by Crippen LogP contribution is 2.37. The zero-order chi connectivity index (χ0) is 18.9. The number of amides is 2. The van der Waals surface area contributed by atoms with Gasteiger partial charge in [-0.1, -0.05) is 42.5 Å². The molecular weight excluding hydrogens is 326 g/mol. The van der Waals surface area contributed by atoms with Crippen molar-refractivity contribution in [3.63, 3.8) is 0 Å². The Balaban J connectivity index is 1.86. The summed E-state index contributed by atoms with van der Waals surface area (Å²) in [5.41, 5.74) is 1.54. The van der Waals surface area contributed by atoms with Crippen LogP contribution >= 0.6 is 0 Å². The Kier molecular flexibility index (Phi) is 4.83. The lowest BCUT2D eigenvalue weighted by molar-refractivity contribution is -0.127. The number of nitrogens with zero attached hydrogens (tertiary/aromatic N) is 1. The van der Waals surface area contributed by atoms with Crippen LogP contribution in [0.5, 0.6) is 0 Å². The number of nitrogens with one attached hydrogen (secondary N) is 2. The summed E-state index contributed by atoms with van der Waals surface area (Å²) < 4.78 is 0. The lowest BCUT2D eigenvalue weighted by atomic mass is 9.95. The highest BCUT2D eigenvalue weighted by Gasteiger charge is 2.44. The molecule has 1 aliphatic heterocycles. The van der Waals surface area contributed by atoms with Crippen LogP contribution < -0.4 is 15.5 Å². The standard InChI is InChI=1S/C21H25N3O2/c1-14(16-10-6-5-7-11-16)22-15(2)19(25)24-18-13-9-8-12-17(18)23-20(26)21(24,3)4/h5-15,22H,1-4H3,(H,23,26)/t14-,15-/m0/s1. The minimum atomic E-state index is -0.961. The van der Waals surface area contributed by atoms with Crippen molar-refractivity contribution >= 4 is 23.2 Å². The molecule has 0 aliphatic carbocycles. The molecule has 5 heteroatoms. The molecule has 2 atom stereocenters. The normalized spacial score (nSPS) is 17.8. The van der Waals surface area contributed by atoms with Gasteiger partial charge < -0.3 is 5.32 Å². The molecule has 0 aromatic heterocycles. The first kappa shape index (κ1) is 18.1. The Morgan fingerprint density at radius 1 is 1.04 bits per heavy atom. The minimum Gasteiger partial charge on any atom is -0.322 e. The minimum absolute atomic E-state index is 0.0205. The first-order valence-corrected chi connectivity index (χ1v) is 8.88. The third kappa shape index (κ3) is 3.22. The predicted molar refractivity (Wildman–Crippen MR) is 104 cm³/mol. The predicted octanol–water partition coefficient (Wildman–Crippen LogP) is 3.49. The maximum Gasteiger partial charge on any atom is 0.250 e. The number of carbonyl (C=O) groups is 2. The Morgan fingerprint density at radius 3 is 2.35 bits per heavy atom. The molecule has 2 aromatic carbocycles. The first-order chi connectivity index (χ1) is 12.3. The van der Waals surface area contributed by atoms with Crippen LogP contribution in [0.25, 0.3) is 0 Å². The number of benzene rings is 2. The Bertz CT molecular complexity index is 817. The summed E-state index contributed by atoms with van der Waals surface area (Å²) in [7, 11) is 0. The van der Waals surface area contributed by atoms with E-state index in [-0.39, 0.29) is 17.9 Å². The van der Waals surface area contributed by atoms with E-state index in [2.05, 4.69) is 10.6 Å². The van der Waals surface area contributed by atoms with Gasteiger partial charge in [0.2, 0.25) is 11.8 Å². The monoisotopic (exact) mass is 351 g/mol. The van der Waals surface area contributed by atoms with Gasteiger partial charge in [0.15, 0.2) is 0 Å². The fourth-order valence-corrected chi connectivity index (χ4v) is 3.32. The largest absolute Gasteiger partial charge is 0.322 e. The van der Waals surface area contributed by atoms with E-state index in [1.54, 1.807) is 18.7 Å². The maximum absolute atomic E-state index is 13.3. The number of fused-ring (bicyclic) bond motifs is 1. The van der Waals surface area contributed by atoms with Gasteiger partial charge in [-0.2, -0.15) is 0 Å². The van der Waals surface area contributed by atoms with Crippen LogP contribution in [0.4, 0.5) is 11.4 Å². The number of anilines is 2. The number of para-hydroxylation sites is 2. The highest BCUT2D eigenvalue weighted by atomic mass is 16.2. The van der Waals surface area contributed by atoms with Crippen molar-refractivity contribution in [2.75, 3.05) is 10.2 Å². The molecular formula is C21H25N3O2. The summed E-state index contributed by atoms with van der Waals surface area (Å²) in [5, 5.41) is 6.24. The molecule has 1 aliphatic rings. The van der Waals surface area contributed by atoms with Gasteiger partial charge in [0.25, 0.3) is 0 Å². The van der Waals surface area contributed by atoms with Gasteiger partial charge in [0.1, 0.15) is 5.54 Å². The molecule has 0 saturated heterocycles. The fraction of sp³-hybridized carbons (Fsp3) is 0.333. The highest BCUT2D eigenvalue weighted by molar-refractivity contribution is 6.15. The second-order valence-electron chi connectivity index (χ2n) is 7.22. The van der Waals surface area contributed by atoms with E-state index >= 15 is 0 Å². The summed E-state index contributed by atoms with van der Waals surface area (Å²) in [5.74, 6) is -0.312. The van der Waals surface area contributed by atoms with Crippen molar-refractivity contribution in [3.05, 3.63) is 60.2 Å². The van der Waals surface area contributed by atoms with E-state index in [0.717, 1.165) is 11.3 Å². The van der Waals surface area contributed by atoms with Crippen LogP contribution in [0.15, 0.2) is 54.6 Å². The molecule has 0 saturated carbocycles. The van der Waals surface area contributed by atoms with Crippen LogP contribution in [0.3, 0.4) is 0 Å². The van der Waals surface area contributed by atoms with E-state index in [1.807, 2.05) is 68.4 Å². The van der Waals surface area contributed by atoms with Crippen molar-refractivity contribution in [2.24, 2.45) is 0 Å². The summed E-state index contributed by atoms with van der Waals surface area (Å²) in [6.07, 6.45) is 0. The Morgan fingerprint density at radius 2 is 1.65 bits per heavy atom. The maximum atomic E-state index is 13.3. The molecule has 1 heterocycles. The molecule has 0 radical (unpaired) electrons. The lowest BCUT2D eigenvalue weighted by Gasteiger charge is -2.43. The molecule has 0 bridgehead atoms. The summed E-state index contributed by atoms with van der Waals surface area (Å²) in [6.45, 7) is 7.40. The van der Waals surface area contributed by atoms with Crippen molar-refractivity contribution in [1.82, 2.24) is 5.32 Å². The zero-order valence-electron chi connectivity index (χ0n) is 15.6. The molecule has 2 aromatic rings. The summed E-state index contributed by atoms with van der Waals surface area (Å²) >= 11 is 0. The van der Waals surface area contributed by atoms with E-state index < -0.39 is 11.6 Å². The van der Waals surface area contributed by atoms with Crippen LogP contribution in [0.2, 0.25) is 0 Å². The third-order valence-electron chi connectivity index (χ3n) is 4.90. The lowest BCUT2D eigenvalue weighted by Crippen LogP contribution is -2.61. The van der Waals surface area contributed by atoms with Crippen LogP contribution in [-0.4, -0.2) is 23.4 Å². The molecule has 3 rings (SSSR count).